The molecular weight excluding hydrogens is 299 g/mol. The topological polar surface area (TPSA) is 34.6 Å². The second kappa shape index (κ2) is 6.23. The molecule has 0 unspecified atom stereocenters. The molecule has 24 heavy (non-hydrogen) atoms. The molecule has 0 amide bonds. The largest absolute Gasteiger partial charge is 0.498 e. The van der Waals surface area contributed by atoms with Crippen molar-refractivity contribution in [2.75, 3.05) is 11.9 Å². The van der Waals surface area contributed by atoms with E-state index in [0.717, 1.165) is 17.8 Å². The highest BCUT2D eigenvalue weighted by molar-refractivity contribution is 6.63. The van der Waals surface area contributed by atoms with Gasteiger partial charge >= 0.3 is 7.12 Å². The molecule has 2 heterocycles. The van der Waals surface area contributed by atoms with E-state index in [4.69, 9.17) is 9.31 Å². The standard InChI is InChI=1S/C19H25BN2O2/c1-18(2)19(3,4)24-20(23-18)16-12-9-13-21-17(16)22(5)14-15-10-7-6-8-11-15/h6-13H,14H2,1-5H3. The van der Waals surface area contributed by atoms with Crippen LogP contribution in [0.5, 0.6) is 0 Å². The van der Waals surface area contributed by atoms with Crippen LogP contribution in [-0.4, -0.2) is 30.4 Å². The molecule has 0 N–H and O–H groups in total. The van der Waals surface area contributed by atoms with Gasteiger partial charge in [0.25, 0.3) is 0 Å². The summed E-state index contributed by atoms with van der Waals surface area (Å²) >= 11 is 0. The van der Waals surface area contributed by atoms with Crippen LogP contribution in [0.1, 0.15) is 33.3 Å². The number of anilines is 1. The van der Waals surface area contributed by atoms with Crippen molar-refractivity contribution in [2.45, 2.75) is 45.4 Å². The lowest BCUT2D eigenvalue weighted by Gasteiger charge is -2.32. The van der Waals surface area contributed by atoms with E-state index in [1.165, 1.54) is 5.56 Å². The zero-order valence-electron chi connectivity index (χ0n) is 15.1. The molecule has 0 saturated carbocycles. The molecule has 5 heteroatoms. The highest BCUT2D eigenvalue weighted by Crippen LogP contribution is 2.37. The maximum absolute atomic E-state index is 6.20. The minimum absolute atomic E-state index is 0.358. The van der Waals surface area contributed by atoms with Crippen LogP contribution in [0.3, 0.4) is 0 Å². The summed E-state index contributed by atoms with van der Waals surface area (Å²) in [4.78, 5) is 6.72. The van der Waals surface area contributed by atoms with Crippen LogP contribution >= 0.6 is 0 Å². The molecule has 1 aliphatic heterocycles. The van der Waals surface area contributed by atoms with E-state index in [1.807, 2.05) is 31.4 Å². The summed E-state index contributed by atoms with van der Waals surface area (Å²) in [6, 6.07) is 14.3. The van der Waals surface area contributed by atoms with Crippen molar-refractivity contribution in [2.24, 2.45) is 0 Å². The lowest BCUT2D eigenvalue weighted by Crippen LogP contribution is -2.41. The third-order valence-electron chi connectivity index (χ3n) is 4.95. The molecule has 2 aromatic rings. The summed E-state index contributed by atoms with van der Waals surface area (Å²) in [6.07, 6.45) is 1.81. The molecule has 0 radical (unpaired) electrons. The summed E-state index contributed by atoms with van der Waals surface area (Å²) < 4.78 is 12.4. The summed E-state index contributed by atoms with van der Waals surface area (Å²) in [5, 5.41) is 0. The third kappa shape index (κ3) is 3.19. The molecule has 4 nitrogen and oxygen atoms in total. The number of rotatable bonds is 4. The Morgan fingerprint density at radius 2 is 1.58 bits per heavy atom. The first-order chi connectivity index (χ1) is 11.3. The number of nitrogens with zero attached hydrogens (tertiary/aromatic N) is 2. The molecule has 0 spiro atoms. The van der Waals surface area contributed by atoms with Crippen molar-refractivity contribution in [3.63, 3.8) is 0 Å². The van der Waals surface area contributed by atoms with Gasteiger partial charge in [-0.1, -0.05) is 36.4 Å². The van der Waals surface area contributed by atoms with Crippen molar-refractivity contribution in [1.82, 2.24) is 4.98 Å². The van der Waals surface area contributed by atoms with Gasteiger partial charge in [0.2, 0.25) is 0 Å². The minimum Gasteiger partial charge on any atom is -0.399 e. The second-order valence-corrected chi connectivity index (χ2v) is 7.35. The highest BCUT2D eigenvalue weighted by atomic mass is 16.7. The van der Waals surface area contributed by atoms with Gasteiger partial charge in [-0.15, -0.1) is 0 Å². The lowest BCUT2D eigenvalue weighted by atomic mass is 9.79. The van der Waals surface area contributed by atoms with Gasteiger partial charge in [0.1, 0.15) is 5.82 Å². The molecule has 1 aromatic heterocycles. The van der Waals surface area contributed by atoms with Gasteiger partial charge in [-0.25, -0.2) is 4.98 Å². The highest BCUT2D eigenvalue weighted by Gasteiger charge is 2.52. The summed E-state index contributed by atoms with van der Waals surface area (Å²) in [5.74, 6) is 0.889. The zero-order chi connectivity index (χ0) is 17.4. The van der Waals surface area contributed by atoms with Crippen LogP contribution in [0.4, 0.5) is 5.82 Å². The van der Waals surface area contributed by atoms with E-state index in [0.29, 0.717) is 0 Å². The van der Waals surface area contributed by atoms with Crippen LogP contribution in [-0.2, 0) is 15.9 Å². The van der Waals surface area contributed by atoms with Crippen LogP contribution < -0.4 is 10.4 Å². The fourth-order valence-electron chi connectivity index (χ4n) is 2.81. The van der Waals surface area contributed by atoms with Crippen LogP contribution in [0, 0.1) is 0 Å². The van der Waals surface area contributed by atoms with Gasteiger partial charge < -0.3 is 14.2 Å². The van der Waals surface area contributed by atoms with Crippen molar-refractivity contribution in [1.29, 1.82) is 0 Å². The zero-order valence-corrected chi connectivity index (χ0v) is 15.1. The fraction of sp³-hybridized carbons (Fsp3) is 0.421. The molecule has 1 aliphatic rings. The number of benzene rings is 1. The normalized spacial score (nSPS) is 18.6. The first-order valence-corrected chi connectivity index (χ1v) is 8.36. The van der Waals surface area contributed by atoms with Crippen LogP contribution in [0.2, 0.25) is 0 Å². The van der Waals surface area contributed by atoms with Gasteiger partial charge in [-0.05, 0) is 39.3 Å². The molecule has 0 atom stereocenters. The molecule has 3 rings (SSSR count). The van der Waals surface area contributed by atoms with E-state index in [1.54, 1.807) is 0 Å². The third-order valence-corrected chi connectivity index (χ3v) is 4.95. The minimum atomic E-state index is -0.406. The van der Waals surface area contributed by atoms with Gasteiger partial charge in [0.15, 0.2) is 0 Å². The Morgan fingerprint density at radius 1 is 0.958 bits per heavy atom. The summed E-state index contributed by atoms with van der Waals surface area (Å²) in [7, 11) is 1.64. The van der Waals surface area contributed by atoms with Crippen molar-refractivity contribution in [3.8, 4) is 0 Å². The van der Waals surface area contributed by atoms with Gasteiger partial charge in [-0.2, -0.15) is 0 Å². The lowest BCUT2D eigenvalue weighted by molar-refractivity contribution is 0.00578. The van der Waals surface area contributed by atoms with E-state index < -0.39 is 7.12 Å². The second-order valence-electron chi connectivity index (χ2n) is 7.35. The number of hydrogen-bond donors (Lipinski definition) is 0. The fourth-order valence-corrected chi connectivity index (χ4v) is 2.81. The Bertz CT molecular complexity index is 688. The molecule has 0 aliphatic carbocycles. The Hall–Kier alpha value is -1.85. The van der Waals surface area contributed by atoms with E-state index in [9.17, 15) is 0 Å². The van der Waals surface area contributed by atoms with Gasteiger partial charge in [0, 0.05) is 25.3 Å². The predicted octanol–water partition coefficient (Wildman–Crippen LogP) is 3.02. The van der Waals surface area contributed by atoms with Crippen molar-refractivity contribution < 1.29 is 9.31 Å². The molecule has 0 bridgehead atoms. The van der Waals surface area contributed by atoms with E-state index in [-0.39, 0.29) is 11.2 Å². The average Bonchev–Trinajstić information content (AvgIpc) is 2.76. The summed E-state index contributed by atoms with van der Waals surface area (Å²) in [5.41, 5.74) is 1.49. The maximum Gasteiger partial charge on any atom is 0.498 e. The maximum atomic E-state index is 6.20. The smallest absolute Gasteiger partial charge is 0.399 e. The molecular formula is C19H25BN2O2. The van der Waals surface area contributed by atoms with Crippen molar-refractivity contribution in [3.05, 3.63) is 54.2 Å². The van der Waals surface area contributed by atoms with Gasteiger partial charge in [-0.3, -0.25) is 0 Å². The van der Waals surface area contributed by atoms with Crippen LogP contribution in [0.15, 0.2) is 48.7 Å². The van der Waals surface area contributed by atoms with Crippen molar-refractivity contribution >= 4 is 18.4 Å². The Kier molecular flexibility index (Phi) is 4.41. The van der Waals surface area contributed by atoms with Crippen LogP contribution in [0.25, 0.3) is 0 Å². The molecule has 1 aromatic carbocycles. The monoisotopic (exact) mass is 324 g/mol. The number of aromatic nitrogens is 1. The molecule has 126 valence electrons. The molecule has 1 saturated heterocycles. The summed E-state index contributed by atoms with van der Waals surface area (Å²) in [6.45, 7) is 9.05. The Morgan fingerprint density at radius 3 is 2.21 bits per heavy atom. The number of hydrogen-bond acceptors (Lipinski definition) is 4. The van der Waals surface area contributed by atoms with E-state index >= 15 is 0 Å². The SMILES string of the molecule is CN(Cc1ccccc1)c1ncccc1B1OC(C)(C)C(C)(C)O1. The van der Waals surface area contributed by atoms with E-state index in [2.05, 4.69) is 61.8 Å². The van der Waals surface area contributed by atoms with Gasteiger partial charge in [0.05, 0.1) is 11.2 Å². The first-order valence-electron chi connectivity index (χ1n) is 8.36. The number of pyridine rings is 1. The quantitative estimate of drug-likeness (QED) is 0.810. The Balaban J connectivity index is 1.86. The average molecular weight is 324 g/mol. The first kappa shape index (κ1) is 17.0. The Labute approximate surface area is 145 Å². The predicted molar refractivity (Wildman–Crippen MR) is 98.5 cm³/mol. The molecule has 1 fully saturated rings.